The van der Waals surface area contributed by atoms with Crippen molar-refractivity contribution in [1.82, 2.24) is 15.2 Å². The minimum absolute atomic E-state index is 0.107. The lowest BCUT2D eigenvalue weighted by Gasteiger charge is -2.51. The Kier molecular flexibility index (Phi) is 5.51. The number of hydrogen-bond donors (Lipinski definition) is 2. The van der Waals surface area contributed by atoms with Crippen LogP contribution >= 0.6 is 11.3 Å². The first-order valence-electron chi connectivity index (χ1n) is 10.6. The number of urea groups is 1. The largest absolute Gasteiger partial charge is 0.333 e. The van der Waals surface area contributed by atoms with Crippen molar-refractivity contribution in [3.63, 3.8) is 0 Å². The van der Waals surface area contributed by atoms with Crippen LogP contribution in [0.2, 0.25) is 0 Å². The number of aromatic nitrogens is 1. The summed E-state index contributed by atoms with van der Waals surface area (Å²) >= 11 is 1.56. The Morgan fingerprint density at radius 1 is 1.10 bits per heavy atom. The zero-order valence-electron chi connectivity index (χ0n) is 16.8. The molecule has 3 fully saturated rings. The second-order valence-corrected chi connectivity index (χ2v) is 9.08. The topological polar surface area (TPSA) is 57.3 Å². The molecule has 0 radical (unpaired) electrons. The molecule has 3 aromatic rings. The Labute approximate surface area is 181 Å². The first-order valence-corrected chi connectivity index (χ1v) is 11.5. The third-order valence-electron chi connectivity index (χ3n) is 6.41. The molecule has 3 saturated heterocycles. The van der Waals surface area contributed by atoms with Gasteiger partial charge in [-0.05, 0) is 66.9 Å². The number of amides is 2. The van der Waals surface area contributed by atoms with Gasteiger partial charge in [0.2, 0.25) is 0 Å². The van der Waals surface area contributed by atoms with E-state index >= 15 is 0 Å². The number of rotatable bonds is 5. The van der Waals surface area contributed by atoms with E-state index in [1.165, 1.54) is 5.56 Å². The molecule has 0 saturated carbocycles. The molecule has 6 rings (SSSR count). The summed E-state index contributed by atoms with van der Waals surface area (Å²) in [6.07, 6.45) is 6.98. The molecule has 2 atom stereocenters. The van der Waals surface area contributed by atoms with Crippen molar-refractivity contribution < 1.29 is 4.79 Å². The number of anilines is 1. The van der Waals surface area contributed by atoms with E-state index in [0.29, 0.717) is 12.0 Å². The number of nitrogens with zero attached hydrogens (tertiary/aromatic N) is 2. The molecule has 3 aliphatic rings. The van der Waals surface area contributed by atoms with Gasteiger partial charge in [-0.2, -0.15) is 0 Å². The zero-order valence-corrected chi connectivity index (χ0v) is 17.6. The van der Waals surface area contributed by atoms with Crippen molar-refractivity contribution in [2.45, 2.75) is 31.3 Å². The molecule has 5 nitrogen and oxygen atoms in total. The Balaban J connectivity index is 1.31. The van der Waals surface area contributed by atoms with Crippen LogP contribution in [0.5, 0.6) is 0 Å². The molecular weight excluding hydrogens is 392 g/mol. The van der Waals surface area contributed by atoms with Gasteiger partial charge in [-0.25, -0.2) is 4.79 Å². The highest BCUT2D eigenvalue weighted by molar-refractivity contribution is 7.15. The van der Waals surface area contributed by atoms with Crippen LogP contribution in [-0.4, -0.2) is 41.1 Å². The molecule has 2 amide bonds. The molecule has 154 valence electrons. The molecule has 0 spiro atoms. The first-order chi connectivity index (χ1) is 14.8. The van der Waals surface area contributed by atoms with E-state index in [4.69, 9.17) is 0 Å². The van der Waals surface area contributed by atoms with Crippen LogP contribution in [0.1, 0.15) is 18.4 Å². The van der Waals surface area contributed by atoms with Gasteiger partial charge >= 0.3 is 6.03 Å². The van der Waals surface area contributed by atoms with E-state index in [-0.39, 0.29) is 12.1 Å². The summed E-state index contributed by atoms with van der Waals surface area (Å²) in [5, 5.41) is 9.37. The third-order valence-corrected chi connectivity index (χ3v) is 7.24. The lowest BCUT2D eigenvalue weighted by atomic mass is 9.77. The van der Waals surface area contributed by atoms with Gasteiger partial charge in [-0.3, -0.25) is 15.2 Å². The highest BCUT2D eigenvalue weighted by Gasteiger charge is 2.42. The third kappa shape index (κ3) is 3.98. The summed E-state index contributed by atoms with van der Waals surface area (Å²) in [7, 11) is 0. The average molecular weight is 419 g/mol. The summed E-state index contributed by atoms with van der Waals surface area (Å²) < 4.78 is 0. The van der Waals surface area contributed by atoms with Gasteiger partial charge in [0.05, 0.1) is 0 Å². The minimum Gasteiger partial charge on any atom is -0.333 e. The number of fused-ring (bicyclic) bond motifs is 3. The van der Waals surface area contributed by atoms with Crippen LogP contribution < -0.4 is 10.6 Å². The van der Waals surface area contributed by atoms with Crippen LogP contribution in [0.15, 0.2) is 66.3 Å². The van der Waals surface area contributed by atoms with Gasteiger partial charge in [0.1, 0.15) is 5.00 Å². The summed E-state index contributed by atoms with van der Waals surface area (Å²) in [6, 6.07) is 16.8. The highest BCUT2D eigenvalue weighted by Crippen LogP contribution is 2.35. The van der Waals surface area contributed by atoms with Crippen LogP contribution in [0, 0.1) is 5.92 Å². The van der Waals surface area contributed by atoms with Crippen molar-refractivity contribution in [3.8, 4) is 11.1 Å². The fourth-order valence-corrected chi connectivity index (χ4v) is 5.73. The monoisotopic (exact) mass is 418 g/mol. The first kappa shape index (κ1) is 19.3. The number of thiophene rings is 1. The highest BCUT2D eigenvalue weighted by atomic mass is 32.1. The molecule has 2 aromatic heterocycles. The predicted octanol–water partition coefficient (Wildman–Crippen LogP) is 4.64. The quantitative estimate of drug-likeness (QED) is 0.635. The van der Waals surface area contributed by atoms with Crippen LogP contribution in [-0.2, 0) is 6.42 Å². The second-order valence-electron chi connectivity index (χ2n) is 8.16. The smallest absolute Gasteiger partial charge is 0.320 e. The molecule has 6 heteroatoms. The predicted molar refractivity (Wildman–Crippen MR) is 122 cm³/mol. The van der Waals surface area contributed by atoms with E-state index < -0.39 is 0 Å². The second kappa shape index (κ2) is 8.58. The fraction of sp³-hybridized carbons (Fsp3) is 0.333. The number of piperidine rings is 3. The zero-order chi connectivity index (χ0) is 20.3. The number of carbonyl (C=O) groups excluding carboxylic acids is 1. The van der Waals surface area contributed by atoms with Crippen molar-refractivity contribution in [3.05, 3.63) is 71.9 Å². The number of carbonyl (C=O) groups is 1. The summed E-state index contributed by atoms with van der Waals surface area (Å²) in [5.74, 6) is 0.541. The maximum Gasteiger partial charge on any atom is 0.320 e. The maximum atomic E-state index is 13.0. The van der Waals surface area contributed by atoms with E-state index in [1.807, 2.05) is 42.0 Å². The van der Waals surface area contributed by atoms with Crippen LogP contribution in [0.3, 0.4) is 0 Å². The SMILES string of the molecule is O=C(Nc1sccc1-c1ccccc1)NC1C2CCN(CC2)C1Cc1cccnc1. The number of hydrogen-bond acceptors (Lipinski definition) is 4. The van der Waals surface area contributed by atoms with E-state index in [1.54, 1.807) is 11.3 Å². The van der Waals surface area contributed by atoms with Crippen molar-refractivity contribution in [2.24, 2.45) is 5.92 Å². The van der Waals surface area contributed by atoms with Gasteiger partial charge < -0.3 is 5.32 Å². The summed E-state index contributed by atoms with van der Waals surface area (Å²) in [4.78, 5) is 19.8. The van der Waals surface area contributed by atoms with Crippen LogP contribution in [0.25, 0.3) is 11.1 Å². The molecule has 0 aliphatic carbocycles. The van der Waals surface area contributed by atoms with E-state index in [9.17, 15) is 4.79 Å². The Bertz CT molecular complexity index is 983. The van der Waals surface area contributed by atoms with Crippen molar-refractivity contribution >= 4 is 22.4 Å². The molecular formula is C24H26N4OS. The fourth-order valence-electron chi connectivity index (χ4n) is 4.92. The number of benzene rings is 1. The van der Waals surface area contributed by atoms with Gasteiger partial charge in [-0.1, -0.05) is 36.4 Å². The number of pyridine rings is 1. The van der Waals surface area contributed by atoms with Gasteiger partial charge in [0, 0.05) is 30.0 Å². The summed E-state index contributed by atoms with van der Waals surface area (Å²) in [5.41, 5.74) is 3.41. The molecule has 2 N–H and O–H groups in total. The molecule has 3 aliphatic heterocycles. The number of nitrogens with one attached hydrogen (secondary N) is 2. The normalized spacial score (nSPS) is 25.1. The Morgan fingerprint density at radius 2 is 1.93 bits per heavy atom. The molecule has 2 bridgehead atoms. The Hall–Kier alpha value is -2.70. The molecule has 1 aromatic carbocycles. The van der Waals surface area contributed by atoms with E-state index in [2.05, 4.69) is 44.8 Å². The lowest BCUT2D eigenvalue weighted by molar-refractivity contribution is 0.0184. The van der Waals surface area contributed by atoms with Crippen molar-refractivity contribution in [1.29, 1.82) is 0 Å². The van der Waals surface area contributed by atoms with Gasteiger partial charge in [0.15, 0.2) is 0 Å². The average Bonchev–Trinajstić information content (AvgIpc) is 3.25. The van der Waals surface area contributed by atoms with Gasteiger partial charge in [-0.15, -0.1) is 11.3 Å². The van der Waals surface area contributed by atoms with Gasteiger partial charge in [0.25, 0.3) is 0 Å². The maximum absolute atomic E-state index is 13.0. The standard InChI is InChI=1S/C24H26N4OS/c29-24(27-23-20(10-14-30-23)18-6-2-1-3-7-18)26-22-19-8-12-28(13-9-19)21(22)15-17-5-4-11-25-16-17/h1-7,10-11,14,16,19,21-22H,8-9,12-13,15H2,(H2,26,27,29). The minimum atomic E-state index is -0.107. The molecule has 2 unspecified atom stereocenters. The van der Waals surface area contributed by atoms with Crippen molar-refractivity contribution in [2.75, 3.05) is 18.4 Å². The molecule has 30 heavy (non-hydrogen) atoms. The van der Waals surface area contributed by atoms with E-state index in [0.717, 1.165) is 48.5 Å². The van der Waals surface area contributed by atoms with Crippen LogP contribution in [0.4, 0.5) is 9.80 Å². The lowest BCUT2D eigenvalue weighted by Crippen LogP contribution is -2.64. The molecule has 5 heterocycles. The summed E-state index contributed by atoms with van der Waals surface area (Å²) in [6.45, 7) is 2.25. The Morgan fingerprint density at radius 3 is 2.70 bits per heavy atom.